The molecule has 0 aliphatic carbocycles. The molecule has 1 amide bonds. The standard InChI is InChI=1S/C22H26N2O4S/c1-16(28-22(26)19-8-4-5-9-20(19)29(2)27)21(25)23-17-10-12-18(13-11-17)24-14-6-3-7-15-24/h4-5,8-13,16H,3,6-7,14-15H2,1-2H3,(H,23,25)/t16-,29-/m0/s1. The lowest BCUT2D eigenvalue weighted by molar-refractivity contribution is -0.123. The molecule has 0 saturated carbocycles. The Balaban J connectivity index is 1.59. The fourth-order valence-electron chi connectivity index (χ4n) is 3.32. The Kier molecular flexibility index (Phi) is 7.04. The third-order valence-corrected chi connectivity index (χ3v) is 5.90. The Labute approximate surface area is 173 Å². The molecule has 1 heterocycles. The number of carbonyl (C=O) groups is 2. The van der Waals surface area contributed by atoms with E-state index in [1.165, 1.54) is 32.4 Å². The highest BCUT2D eigenvalue weighted by molar-refractivity contribution is 7.84. The molecular formula is C22H26N2O4S. The average molecular weight is 415 g/mol. The lowest BCUT2D eigenvalue weighted by atomic mass is 10.1. The number of anilines is 2. The van der Waals surface area contributed by atoms with Gasteiger partial charge in [0.2, 0.25) is 0 Å². The minimum absolute atomic E-state index is 0.207. The van der Waals surface area contributed by atoms with Crippen LogP contribution in [0.1, 0.15) is 36.5 Å². The molecule has 0 unspecified atom stereocenters. The Morgan fingerprint density at radius 2 is 1.69 bits per heavy atom. The van der Waals surface area contributed by atoms with Gasteiger partial charge in [-0.25, -0.2) is 4.79 Å². The van der Waals surface area contributed by atoms with Gasteiger partial charge in [-0.2, -0.15) is 0 Å². The summed E-state index contributed by atoms with van der Waals surface area (Å²) in [4.78, 5) is 27.6. The van der Waals surface area contributed by atoms with E-state index in [1.54, 1.807) is 24.3 Å². The highest BCUT2D eigenvalue weighted by atomic mass is 32.2. The molecule has 1 N–H and O–H groups in total. The molecule has 1 fully saturated rings. The van der Waals surface area contributed by atoms with Crippen molar-refractivity contribution in [1.82, 2.24) is 0 Å². The molecule has 2 aromatic rings. The van der Waals surface area contributed by atoms with Crippen molar-refractivity contribution in [2.45, 2.75) is 37.2 Å². The molecule has 29 heavy (non-hydrogen) atoms. The lowest BCUT2D eigenvalue weighted by Crippen LogP contribution is -2.30. The molecule has 2 atom stereocenters. The van der Waals surface area contributed by atoms with Crippen molar-refractivity contribution < 1.29 is 18.5 Å². The molecule has 1 saturated heterocycles. The first kappa shape index (κ1) is 21.0. The maximum absolute atomic E-state index is 12.4. The first-order chi connectivity index (χ1) is 14.0. The van der Waals surface area contributed by atoms with Crippen LogP contribution in [0.3, 0.4) is 0 Å². The van der Waals surface area contributed by atoms with Crippen LogP contribution in [0, 0.1) is 0 Å². The number of piperidine rings is 1. The van der Waals surface area contributed by atoms with Crippen molar-refractivity contribution in [3.63, 3.8) is 0 Å². The SMILES string of the molecule is C[C@H](OC(=O)c1ccccc1[S@](C)=O)C(=O)Nc1ccc(N2CCCCC2)cc1. The second-order valence-corrected chi connectivity index (χ2v) is 8.43. The van der Waals surface area contributed by atoms with Gasteiger partial charge in [-0.05, 0) is 62.6 Å². The summed E-state index contributed by atoms with van der Waals surface area (Å²) in [6.45, 7) is 3.63. The van der Waals surface area contributed by atoms with E-state index < -0.39 is 28.8 Å². The monoisotopic (exact) mass is 414 g/mol. The van der Waals surface area contributed by atoms with Gasteiger partial charge in [-0.3, -0.25) is 9.00 Å². The van der Waals surface area contributed by atoms with Gasteiger partial charge in [0, 0.05) is 30.7 Å². The van der Waals surface area contributed by atoms with Gasteiger partial charge in [0.15, 0.2) is 6.10 Å². The van der Waals surface area contributed by atoms with E-state index in [0.29, 0.717) is 10.6 Å². The quantitative estimate of drug-likeness (QED) is 0.731. The third-order valence-electron chi connectivity index (χ3n) is 4.93. The van der Waals surface area contributed by atoms with E-state index in [1.807, 2.05) is 24.3 Å². The van der Waals surface area contributed by atoms with E-state index in [4.69, 9.17) is 4.74 Å². The first-order valence-corrected chi connectivity index (χ1v) is 11.3. The summed E-state index contributed by atoms with van der Waals surface area (Å²) in [6, 6.07) is 14.2. The third kappa shape index (κ3) is 5.44. The van der Waals surface area contributed by atoms with E-state index in [2.05, 4.69) is 10.2 Å². The number of benzene rings is 2. The molecule has 154 valence electrons. The minimum Gasteiger partial charge on any atom is -0.449 e. The molecule has 7 heteroatoms. The Bertz CT molecular complexity index is 892. The molecule has 0 aromatic heterocycles. The normalized spacial score (nSPS) is 16.0. The molecule has 0 spiro atoms. The molecule has 1 aliphatic rings. The van der Waals surface area contributed by atoms with Crippen LogP contribution in [0.25, 0.3) is 0 Å². The Hall–Kier alpha value is -2.67. The summed E-state index contributed by atoms with van der Waals surface area (Å²) in [5.41, 5.74) is 2.00. The number of esters is 1. The van der Waals surface area contributed by atoms with Gasteiger partial charge < -0.3 is 15.0 Å². The lowest BCUT2D eigenvalue weighted by Gasteiger charge is -2.28. The Morgan fingerprint density at radius 3 is 2.34 bits per heavy atom. The van der Waals surface area contributed by atoms with Gasteiger partial charge >= 0.3 is 5.97 Å². The summed E-state index contributed by atoms with van der Waals surface area (Å²) >= 11 is 0. The van der Waals surface area contributed by atoms with Crippen molar-refractivity contribution in [2.75, 3.05) is 29.6 Å². The topological polar surface area (TPSA) is 75.7 Å². The summed E-state index contributed by atoms with van der Waals surface area (Å²) < 4.78 is 17.1. The molecule has 6 nitrogen and oxygen atoms in total. The second kappa shape index (κ2) is 9.69. The van der Waals surface area contributed by atoms with Crippen molar-refractivity contribution in [1.29, 1.82) is 0 Å². The highest BCUT2D eigenvalue weighted by Crippen LogP contribution is 2.22. The van der Waals surface area contributed by atoms with E-state index >= 15 is 0 Å². The first-order valence-electron chi connectivity index (χ1n) is 9.75. The highest BCUT2D eigenvalue weighted by Gasteiger charge is 2.22. The van der Waals surface area contributed by atoms with E-state index in [-0.39, 0.29) is 5.56 Å². The average Bonchev–Trinajstić information content (AvgIpc) is 2.74. The van der Waals surface area contributed by atoms with Crippen LogP contribution < -0.4 is 10.2 Å². The number of hydrogen-bond acceptors (Lipinski definition) is 5. The number of nitrogens with one attached hydrogen (secondary N) is 1. The van der Waals surface area contributed by atoms with Crippen LogP contribution >= 0.6 is 0 Å². The van der Waals surface area contributed by atoms with Crippen LogP contribution in [0.2, 0.25) is 0 Å². The zero-order valence-electron chi connectivity index (χ0n) is 16.7. The van der Waals surface area contributed by atoms with E-state index in [0.717, 1.165) is 18.8 Å². The fraction of sp³-hybridized carbons (Fsp3) is 0.364. The van der Waals surface area contributed by atoms with E-state index in [9.17, 15) is 13.8 Å². The largest absolute Gasteiger partial charge is 0.449 e. The maximum Gasteiger partial charge on any atom is 0.340 e. The number of hydrogen-bond donors (Lipinski definition) is 1. The van der Waals surface area contributed by atoms with Crippen LogP contribution in [0.15, 0.2) is 53.4 Å². The maximum atomic E-state index is 12.4. The fourth-order valence-corrected chi connectivity index (χ4v) is 4.05. The number of carbonyl (C=O) groups excluding carboxylic acids is 2. The van der Waals surface area contributed by atoms with Gasteiger partial charge in [0.25, 0.3) is 5.91 Å². The molecule has 0 radical (unpaired) electrons. The van der Waals surface area contributed by atoms with Crippen LogP contribution in [-0.4, -0.2) is 41.5 Å². The number of ether oxygens (including phenoxy) is 1. The van der Waals surface area contributed by atoms with Crippen LogP contribution in [-0.2, 0) is 20.3 Å². The zero-order chi connectivity index (χ0) is 20.8. The van der Waals surface area contributed by atoms with Gasteiger partial charge in [-0.1, -0.05) is 12.1 Å². The molecule has 3 rings (SSSR count). The zero-order valence-corrected chi connectivity index (χ0v) is 17.5. The Morgan fingerprint density at radius 1 is 1.03 bits per heavy atom. The van der Waals surface area contributed by atoms with Crippen molar-refractivity contribution in [3.8, 4) is 0 Å². The second-order valence-electron chi connectivity index (χ2n) is 7.08. The van der Waals surface area contributed by atoms with Crippen LogP contribution in [0.5, 0.6) is 0 Å². The van der Waals surface area contributed by atoms with Gasteiger partial charge in [-0.15, -0.1) is 0 Å². The molecule has 1 aliphatic heterocycles. The van der Waals surface area contributed by atoms with Crippen molar-refractivity contribution in [3.05, 3.63) is 54.1 Å². The predicted octanol–water partition coefficient (Wildman–Crippen LogP) is 3.60. The summed E-state index contributed by atoms with van der Waals surface area (Å²) in [5, 5.41) is 2.77. The predicted molar refractivity (Wildman–Crippen MR) is 115 cm³/mol. The molecule has 2 aromatic carbocycles. The molecular weight excluding hydrogens is 388 g/mol. The summed E-state index contributed by atoms with van der Waals surface area (Å²) in [5.74, 6) is -1.09. The van der Waals surface area contributed by atoms with Gasteiger partial charge in [0.05, 0.1) is 21.3 Å². The van der Waals surface area contributed by atoms with Gasteiger partial charge in [0.1, 0.15) is 0 Å². The number of amides is 1. The van der Waals surface area contributed by atoms with Crippen molar-refractivity contribution >= 4 is 34.1 Å². The molecule has 0 bridgehead atoms. The minimum atomic E-state index is -1.33. The summed E-state index contributed by atoms with van der Waals surface area (Å²) in [7, 11) is -1.33. The number of rotatable bonds is 6. The van der Waals surface area contributed by atoms with Crippen molar-refractivity contribution in [2.24, 2.45) is 0 Å². The number of nitrogens with zero attached hydrogens (tertiary/aromatic N) is 1. The summed E-state index contributed by atoms with van der Waals surface area (Å²) in [6.07, 6.45) is 4.20. The van der Waals surface area contributed by atoms with Crippen LogP contribution in [0.4, 0.5) is 11.4 Å². The smallest absolute Gasteiger partial charge is 0.340 e.